The summed E-state index contributed by atoms with van der Waals surface area (Å²) in [5.41, 5.74) is 1.82. The molecule has 1 aliphatic heterocycles. The largest absolute Gasteiger partial charge is 0.356 e. The fraction of sp³-hybridized carbons (Fsp3) is 0.632. The molecule has 2 aromatic rings. The highest BCUT2D eigenvalue weighted by Crippen LogP contribution is 2.34. The number of fused-ring (bicyclic) bond motifs is 2. The van der Waals surface area contributed by atoms with E-state index in [0.717, 1.165) is 28.6 Å². The molecule has 0 spiro atoms. The Balaban J connectivity index is 0.000000144. The summed E-state index contributed by atoms with van der Waals surface area (Å²) in [6, 6.07) is 8.80. The van der Waals surface area contributed by atoms with Crippen molar-refractivity contribution in [2.75, 3.05) is 13.6 Å². The predicted octanol–water partition coefficient (Wildman–Crippen LogP) is 5.04. The van der Waals surface area contributed by atoms with Crippen LogP contribution in [-0.4, -0.2) is 29.7 Å². The zero-order valence-electron chi connectivity index (χ0n) is 14.5. The van der Waals surface area contributed by atoms with Gasteiger partial charge in [-0.3, -0.25) is 0 Å². The van der Waals surface area contributed by atoms with Crippen molar-refractivity contribution in [1.29, 1.82) is 0 Å². The quantitative estimate of drug-likeness (QED) is 0.682. The Morgan fingerprint density at radius 1 is 1.09 bits per heavy atom. The number of aromatic nitrogens is 1. The number of para-hydroxylation sites is 1. The third-order valence-corrected chi connectivity index (χ3v) is 4.85. The van der Waals surface area contributed by atoms with Crippen LogP contribution in [0.4, 0.5) is 0 Å². The van der Waals surface area contributed by atoms with Crippen molar-refractivity contribution < 1.29 is 4.52 Å². The van der Waals surface area contributed by atoms with Gasteiger partial charge in [0.05, 0.1) is 5.69 Å². The Labute approximate surface area is 134 Å². The minimum absolute atomic E-state index is 0.861. The van der Waals surface area contributed by atoms with Crippen LogP contribution in [0.15, 0.2) is 28.8 Å². The second-order valence-electron chi connectivity index (χ2n) is 6.15. The SMILES string of the molecule is CC.CN1CCC2CCCCC21.Cc1noc2ccccc12. The Morgan fingerprint density at radius 2 is 1.82 bits per heavy atom. The highest BCUT2D eigenvalue weighted by molar-refractivity contribution is 5.78. The standard InChI is InChI=1S/C9H17N.C8H7NO.C2H6/c1-10-7-6-8-4-2-3-5-9(8)10;1-6-7-4-2-3-5-8(7)10-9-6;1-2/h8-9H,2-7H2,1H3;2-5H,1H3;1-2H3. The lowest BCUT2D eigenvalue weighted by Gasteiger charge is -2.28. The topological polar surface area (TPSA) is 29.3 Å². The van der Waals surface area contributed by atoms with Gasteiger partial charge in [0.15, 0.2) is 5.58 Å². The van der Waals surface area contributed by atoms with E-state index < -0.39 is 0 Å². The number of likely N-dealkylation sites (tertiary alicyclic amines) is 1. The average Bonchev–Trinajstić information content (AvgIpc) is 3.15. The van der Waals surface area contributed by atoms with E-state index in [2.05, 4.69) is 17.1 Å². The highest BCUT2D eigenvalue weighted by Gasteiger charge is 2.32. The molecule has 2 fully saturated rings. The first kappa shape index (κ1) is 17.0. The van der Waals surface area contributed by atoms with Gasteiger partial charge in [0.2, 0.25) is 0 Å². The van der Waals surface area contributed by atoms with Crippen molar-refractivity contribution in [1.82, 2.24) is 10.1 Å². The summed E-state index contributed by atoms with van der Waals surface area (Å²) < 4.78 is 5.00. The van der Waals surface area contributed by atoms with Crippen molar-refractivity contribution in [3.05, 3.63) is 30.0 Å². The van der Waals surface area contributed by atoms with E-state index in [1.807, 2.05) is 45.0 Å². The molecule has 4 rings (SSSR count). The van der Waals surface area contributed by atoms with Crippen LogP contribution in [0.2, 0.25) is 0 Å². The summed E-state index contributed by atoms with van der Waals surface area (Å²) in [6.07, 6.45) is 7.43. The first-order chi connectivity index (χ1) is 10.8. The number of rotatable bonds is 0. The minimum atomic E-state index is 0.861. The number of hydrogen-bond acceptors (Lipinski definition) is 3. The zero-order valence-corrected chi connectivity index (χ0v) is 14.5. The highest BCUT2D eigenvalue weighted by atomic mass is 16.5. The molecule has 1 saturated carbocycles. The van der Waals surface area contributed by atoms with Gasteiger partial charge in [0.25, 0.3) is 0 Å². The maximum atomic E-state index is 5.00. The van der Waals surface area contributed by atoms with Gasteiger partial charge in [-0.1, -0.05) is 44.0 Å². The molecule has 0 N–H and O–H groups in total. The minimum Gasteiger partial charge on any atom is -0.356 e. The van der Waals surface area contributed by atoms with Gasteiger partial charge in [-0.15, -0.1) is 0 Å². The molecule has 1 saturated heterocycles. The molecule has 0 bridgehead atoms. The number of nitrogens with zero attached hydrogens (tertiary/aromatic N) is 2. The van der Waals surface area contributed by atoms with E-state index in [-0.39, 0.29) is 0 Å². The van der Waals surface area contributed by atoms with Crippen molar-refractivity contribution in [3.8, 4) is 0 Å². The van der Waals surface area contributed by atoms with E-state index in [4.69, 9.17) is 4.52 Å². The molecular formula is C19H30N2O. The van der Waals surface area contributed by atoms with Gasteiger partial charge in [0.1, 0.15) is 0 Å². The molecule has 3 heteroatoms. The van der Waals surface area contributed by atoms with Crippen LogP contribution in [0.25, 0.3) is 11.0 Å². The van der Waals surface area contributed by atoms with E-state index in [0.29, 0.717) is 0 Å². The maximum Gasteiger partial charge on any atom is 0.167 e. The molecule has 2 unspecified atom stereocenters. The summed E-state index contributed by atoms with van der Waals surface area (Å²) in [7, 11) is 2.29. The van der Waals surface area contributed by atoms with Gasteiger partial charge in [-0.25, -0.2) is 0 Å². The van der Waals surface area contributed by atoms with Crippen LogP contribution in [0, 0.1) is 12.8 Å². The summed E-state index contributed by atoms with van der Waals surface area (Å²) >= 11 is 0. The molecule has 2 aliphatic rings. The van der Waals surface area contributed by atoms with Crippen molar-refractivity contribution in [3.63, 3.8) is 0 Å². The monoisotopic (exact) mass is 302 g/mol. The fourth-order valence-corrected chi connectivity index (χ4v) is 3.65. The van der Waals surface area contributed by atoms with Gasteiger partial charge in [0, 0.05) is 11.4 Å². The number of aryl methyl sites for hydroxylation is 1. The molecule has 1 aromatic heterocycles. The molecule has 0 amide bonds. The van der Waals surface area contributed by atoms with Crippen LogP contribution in [0.5, 0.6) is 0 Å². The lowest BCUT2D eigenvalue weighted by atomic mass is 9.85. The Kier molecular flexibility index (Phi) is 6.44. The normalized spacial score (nSPS) is 24.0. The van der Waals surface area contributed by atoms with Crippen LogP contribution in [0.3, 0.4) is 0 Å². The Bertz CT molecular complexity index is 561. The zero-order chi connectivity index (χ0) is 15.9. The maximum absolute atomic E-state index is 5.00. The van der Waals surface area contributed by atoms with Crippen LogP contribution < -0.4 is 0 Å². The van der Waals surface area contributed by atoms with E-state index in [1.54, 1.807) is 0 Å². The third-order valence-electron chi connectivity index (χ3n) is 4.85. The Hall–Kier alpha value is -1.35. The van der Waals surface area contributed by atoms with E-state index in [1.165, 1.54) is 38.6 Å². The molecule has 22 heavy (non-hydrogen) atoms. The molecule has 3 nitrogen and oxygen atoms in total. The van der Waals surface area contributed by atoms with Crippen LogP contribution in [-0.2, 0) is 0 Å². The summed E-state index contributed by atoms with van der Waals surface area (Å²) in [4.78, 5) is 2.56. The second kappa shape index (κ2) is 8.33. The lowest BCUT2D eigenvalue weighted by Crippen LogP contribution is -2.31. The van der Waals surface area contributed by atoms with Gasteiger partial charge >= 0.3 is 0 Å². The molecule has 2 heterocycles. The van der Waals surface area contributed by atoms with Crippen molar-refractivity contribution >= 4 is 11.0 Å². The van der Waals surface area contributed by atoms with Gasteiger partial charge in [-0.05, 0) is 57.8 Å². The second-order valence-corrected chi connectivity index (χ2v) is 6.15. The van der Waals surface area contributed by atoms with E-state index in [9.17, 15) is 0 Å². The molecule has 122 valence electrons. The van der Waals surface area contributed by atoms with Crippen LogP contribution in [0.1, 0.15) is 51.6 Å². The predicted molar refractivity (Wildman–Crippen MR) is 93.1 cm³/mol. The Morgan fingerprint density at radius 3 is 2.55 bits per heavy atom. The molecule has 2 atom stereocenters. The molecule has 1 aliphatic carbocycles. The third kappa shape index (κ3) is 3.89. The summed E-state index contributed by atoms with van der Waals surface area (Å²) in [5, 5.41) is 4.92. The molecule has 0 radical (unpaired) electrons. The lowest BCUT2D eigenvalue weighted by molar-refractivity contribution is 0.215. The van der Waals surface area contributed by atoms with E-state index >= 15 is 0 Å². The summed E-state index contributed by atoms with van der Waals surface area (Å²) in [6.45, 7) is 7.29. The van der Waals surface area contributed by atoms with Crippen molar-refractivity contribution in [2.45, 2.75) is 58.9 Å². The first-order valence-electron chi connectivity index (χ1n) is 8.77. The smallest absolute Gasteiger partial charge is 0.167 e. The fourth-order valence-electron chi connectivity index (χ4n) is 3.65. The summed E-state index contributed by atoms with van der Waals surface area (Å²) in [5.74, 6) is 1.07. The molecule has 1 aromatic carbocycles. The van der Waals surface area contributed by atoms with Gasteiger partial charge in [-0.2, -0.15) is 0 Å². The van der Waals surface area contributed by atoms with Crippen LogP contribution >= 0.6 is 0 Å². The van der Waals surface area contributed by atoms with Crippen molar-refractivity contribution in [2.24, 2.45) is 5.92 Å². The first-order valence-corrected chi connectivity index (χ1v) is 8.77. The van der Waals surface area contributed by atoms with Gasteiger partial charge < -0.3 is 9.42 Å². The number of hydrogen-bond donors (Lipinski definition) is 0. The number of benzene rings is 1. The average molecular weight is 302 g/mol. The molecular weight excluding hydrogens is 272 g/mol.